The molecule has 25 heavy (non-hydrogen) atoms. The zero-order valence-corrected chi connectivity index (χ0v) is 16.0. The molecule has 0 unspecified atom stereocenters. The summed E-state index contributed by atoms with van der Waals surface area (Å²) < 4.78 is 56.2. The fraction of sp³-hybridized carbons (Fsp3) is 0.294. The molecule has 0 fully saturated rings. The van der Waals surface area contributed by atoms with Crippen LogP contribution in [0.4, 0.5) is 0 Å². The smallest absolute Gasteiger partial charge is 0.247 e. The molecule has 0 amide bonds. The van der Waals surface area contributed by atoms with Crippen LogP contribution in [-0.4, -0.2) is 41.1 Å². The van der Waals surface area contributed by atoms with Gasteiger partial charge in [0, 0.05) is 19.3 Å². The molecule has 0 aliphatic heterocycles. The Balaban J connectivity index is 2.53. The second-order valence-corrected chi connectivity index (χ2v) is 9.42. The van der Waals surface area contributed by atoms with E-state index in [9.17, 15) is 16.8 Å². The maximum absolute atomic E-state index is 13.1. The summed E-state index contributed by atoms with van der Waals surface area (Å²) in [6.07, 6.45) is 1.03. The fourth-order valence-electron chi connectivity index (χ4n) is 2.38. The van der Waals surface area contributed by atoms with E-state index in [0.717, 1.165) is 17.9 Å². The van der Waals surface area contributed by atoms with E-state index in [4.69, 9.17) is 4.74 Å². The quantitative estimate of drug-likeness (QED) is 0.733. The predicted octanol–water partition coefficient (Wildman–Crippen LogP) is 2.31. The molecule has 2 aromatic carbocycles. The van der Waals surface area contributed by atoms with Gasteiger partial charge in [0.1, 0.15) is 10.6 Å². The second-order valence-electron chi connectivity index (χ2n) is 5.50. The summed E-state index contributed by atoms with van der Waals surface area (Å²) in [5.41, 5.74) is 0.839. The normalized spacial score (nSPS) is 12.3. The third-order valence-electron chi connectivity index (χ3n) is 3.74. The highest BCUT2D eigenvalue weighted by Crippen LogP contribution is 2.30. The molecule has 0 aliphatic carbocycles. The van der Waals surface area contributed by atoms with Gasteiger partial charge in [0.15, 0.2) is 9.84 Å². The van der Waals surface area contributed by atoms with E-state index in [1.165, 1.54) is 23.5 Å². The minimum absolute atomic E-state index is 0.0670. The zero-order chi connectivity index (χ0) is 18.7. The lowest BCUT2D eigenvalue weighted by Crippen LogP contribution is -2.30. The van der Waals surface area contributed by atoms with Crippen molar-refractivity contribution in [3.8, 4) is 5.75 Å². The van der Waals surface area contributed by atoms with Crippen LogP contribution < -0.4 is 4.74 Å². The number of rotatable bonds is 7. The Morgan fingerprint density at radius 3 is 2.16 bits per heavy atom. The number of sulfone groups is 1. The van der Waals surface area contributed by atoms with Gasteiger partial charge in [-0.15, -0.1) is 0 Å². The Morgan fingerprint density at radius 2 is 1.64 bits per heavy atom. The third kappa shape index (κ3) is 4.39. The van der Waals surface area contributed by atoms with Crippen LogP contribution in [0, 0.1) is 0 Å². The summed E-state index contributed by atoms with van der Waals surface area (Å²) >= 11 is 0. The standard InChI is InChI=1S/C17H21NO5S2/c1-4-18(13-14-8-6-5-7-9-14)25(21,22)17-12-15(24(3,19)20)10-11-16(17)23-2/h5-12H,4,13H2,1-3H3. The Labute approximate surface area is 149 Å². The summed E-state index contributed by atoms with van der Waals surface area (Å²) in [6.45, 7) is 2.16. The zero-order valence-electron chi connectivity index (χ0n) is 14.3. The number of ether oxygens (including phenoxy) is 1. The Hall–Kier alpha value is -1.90. The molecule has 0 N–H and O–H groups in total. The first kappa shape index (κ1) is 19.4. The van der Waals surface area contributed by atoms with Crippen molar-refractivity contribution in [3.05, 3.63) is 54.1 Å². The van der Waals surface area contributed by atoms with E-state index in [0.29, 0.717) is 0 Å². The van der Waals surface area contributed by atoms with Crippen molar-refractivity contribution >= 4 is 19.9 Å². The first-order valence-corrected chi connectivity index (χ1v) is 11.0. The highest BCUT2D eigenvalue weighted by atomic mass is 32.2. The lowest BCUT2D eigenvalue weighted by Gasteiger charge is -2.22. The minimum atomic E-state index is -3.93. The van der Waals surface area contributed by atoms with Crippen LogP contribution >= 0.6 is 0 Å². The van der Waals surface area contributed by atoms with E-state index < -0.39 is 19.9 Å². The number of benzene rings is 2. The van der Waals surface area contributed by atoms with Gasteiger partial charge in [-0.2, -0.15) is 4.31 Å². The molecule has 0 atom stereocenters. The minimum Gasteiger partial charge on any atom is -0.495 e. The number of sulfonamides is 1. The summed E-state index contributed by atoms with van der Waals surface area (Å²) in [5.74, 6) is 0.110. The van der Waals surface area contributed by atoms with Crippen LogP contribution in [0.1, 0.15) is 12.5 Å². The highest BCUT2D eigenvalue weighted by Gasteiger charge is 2.28. The van der Waals surface area contributed by atoms with Crippen molar-refractivity contribution in [2.24, 2.45) is 0 Å². The molecule has 0 saturated carbocycles. The molecule has 0 spiro atoms. The molecule has 8 heteroatoms. The number of nitrogens with zero attached hydrogens (tertiary/aromatic N) is 1. The first-order valence-electron chi connectivity index (χ1n) is 7.62. The van der Waals surface area contributed by atoms with E-state index in [1.54, 1.807) is 6.92 Å². The molecule has 2 aromatic rings. The van der Waals surface area contributed by atoms with Crippen molar-refractivity contribution in [2.75, 3.05) is 19.9 Å². The van der Waals surface area contributed by atoms with Crippen molar-refractivity contribution < 1.29 is 21.6 Å². The van der Waals surface area contributed by atoms with Gasteiger partial charge in [-0.1, -0.05) is 37.3 Å². The van der Waals surface area contributed by atoms with Gasteiger partial charge in [-0.25, -0.2) is 16.8 Å². The molecule has 2 rings (SSSR count). The number of methoxy groups -OCH3 is 1. The first-order chi connectivity index (χ1) is 11.7. The topological polar surface area (TPSA) is 80.8 Å². The van der Waals surface area contributed by atoms with E-state index in [1.807, 2.05) is 30.3 Å². The van der Waals surface area contributed by atoms with Crippen molar-refractivity contribution in [2.45, 2.75) is 23.3 Å². The summed E-state index contributed by atoms with van der Waals surface area (Å²) in [7, 11) is -6.12. The Morgan fingerprint density at radius 1 is 1.00 bits per heavy atom. The molecule has 0 aliphatic rings. The van der Waals surface area contributed by atoms with Crippen molar-refractivity contribution in [1.29, 1.82) is 0 Å². The number of hydrogen-bond acceptors (Lipinski definition) is 5. The van der Waals surface area contributed by atoms with Crippen LogP contribution in [0.5, 0.6) is 5.75 Å². The maximum Gasteiger partial charge on any atom is 0.247 e. The molecule has 0 bridgehead atoms. The van der Waals surface area contributed by atoms with Crippen LogP contribution in [0.2, 0.25) is 0 Å². The van der Waals surface area contributed by atoms with Gasteiger partial charge >= 0.3 is 0 Å². The second kappa shape index (κ2) is 7.55. The fourth-order valence-corrected chi connectivity index (χ4v) is 4.72. The van der Waals surface area contributed by atoms with Gasteiger partial charge in [-0.05, 0) is 23.8 Å². The lowest BCUT2D eigenvalue weighted by atomic mass is 10.2. The molecule has 0 heterocycles. The molecule has 0 saturated heterocycles. The predicted molar refractivity (Wildman–Crippen MR) is 95.8 cm³/mol. The van der Waals surface area contributed by atoms with Crippen LogP contribution in [0.25, 0.3) is 0 Å². The third-order valence-corrected chi connectivity index (χ3v) is 6.79. The van der Waals surface area contributed by atoms with Gasteiger partial charge in [-0.3, -0.25) is 0 Å². The maximum atomic E-state index is 13.1. The van der Waals surface area contributed by atoms with Crippen molar-refractivity contribution in [3.63, 3.8) is 0 Å². The SMILES string of the molecule is CCN(Cc1ccccc1)S(=O)(=O)c1cc(S(C)(=O)=O)ccc1OC. The van der Waals surface area contributed by atoms with Gasteiger partial charge < -0.3 is 4.74 Å². The Kier molecular flexibility index (Phi) is 5.87. The van der Waals surface area contributed by atoms with E-state index in [-0.39, 0.29) is 28.6 Å². The van der Waals surface area contributed by atoms with Gasteiger partial charge in [0.2, 0.25) is 10.0 Å². The monoisotopic (exact) mass is 383 g/mol. The van der Waals surface area contributed by atoms with Crippen LogP contribution in [-0.2, 0) is 26.4 Å². The average molecular weight is 383 g/mol. The number of hydrogen-bond donors (Lipinski definition) is 0. The molecule has 0 aromatic heterocycles. The summed E-state index contributed by atoms with van der Waals surface area (Å²) in [4.78, 5) is -0.224. The van der Waals surface area contributed by atoms with Gasteiger partial charge in [0.05, 0.1) is 12.0 Å². The largest absolute Gasteiger partial charge is 0.495 e. The average Bonchev–Trinajstić information content (AvgIpc) is 2.59. The van der Waals surface area contributed by atoms with Crippen LogP contribution in [0.15, 0.2) is 58.3 Å². The van der Waals surface area contributed by atoms with Crippen LogP contribution in [0.3, 0.4) is 0 Å². The Bertz CT molecular complexity index is 938. The molecule has 6 nitrogen and oxygen atoms in total. The highest BCUT2D eigenvalue weighted by molar-refractivity contribution is 7.91. The van der Waals surface area contributed by atoms with Gasteiger partial charge in [0.25, 0.3) is 0 Å². The molecular formula is C17H21NO5S2. The van der Waals surface area contributed by atoms with Crippen molar-refractivity contribution in [1.82, 2.24) is 4.31 Å². The molecule has 0 radical (unpaired) electrons. The lowest BCUT2D eigenvalue weighted by molar-refractivity contribution is 0.390. The van der Waals surface area contributed by atoms with E-state index >= 15 is 0 Å². The molecular weight excluding hydrogens is 362 g/mol. The molecule has 136 valence electrons. The summed E-state index contributed by atoms with van der Waals surface area (Å²) in [5, 5.41) is 0. The van der Waals surface area contributed by atoms with E-state index in [2.05, 4.69) is 0 Å². The summed E-state index contributed by atoms with van der Waals surface area (Å²) in [6, 6.07) is 13.0.